The van der Waals surface area contributed by atoms with E-state index in [0.29, 0.717) is 6.42 Å². The van der Waals surface area contributed by atoms with E-state index in [1.54, 1.807) is 6.08 Å². The molecule has 114 valence electrons. The number of carbonyl (C=O) groups is 1. The van der Waals surface area contributed by atoms with E-state index in [-0.39, 0.29) is 0 Å². The summed E-state index contributed by atoms with van der Waals surface area (Å²) in [6.07, 6.45) is 13.2. The second kappa shape index (κ2) is 8.37. The van der Waals surface area contributed by atoms with Crippen LogP contribution in [-0.2, 0) is 14.9 Å². The van der Waals surface area contributed by atoms with Crippen molar-refractivity contribution in [3.8, 4) is 0 Å². The molecule has 5 heteroatoms. The van der Waals surface area contributed by atoms with Gasteiger partial charge in [-0.25, -0.2) is 0 Å². The summed E-state index contributed by atoms with van der Waals surface area (Å²) >= 11 is 0. The smallest absolute Gasteiger partial charge is 0.293 e. The molecule has 1 unspecified atom stereocenters. The van der Waals surface area contributed by atoms with Crippen LogP contribution in [0, 0.1) is 5.92 Å². The Bertz CT molecular complexity index is 474. The summed E-state index contributed by atoms with van der Waals surface area (Å²) in [5, 5.41) is 0. The van der Waals surface area contributed by atoms with E-state index in [1.807, 2.05) is 0 Å². The van der Waals surface area contributed by atoms with Crippen molar-refractivity contribution >= 4 is 15.9 Å². The van der Waals surface area contributed by atoms with Gasteiger partial charge in [0, 0.05) is 5.92 Å². The molecule has 0 fully saturated rings. The minimum absolute atomic E-state index is 0.410. The van der Waals surface area contributed by atoms with Gasteiger partial charge < -0.3 is 0 Å². The molecule has 1 aliphatic carbocycles. The van der Waals surface area contributed by atoms with E-state index in [9.17, 15) is 13.2 Å². The largest absolute Gasteiger partial charge is 0.298 e. The molecule has 0 radical (unpaired) electrons. The summed E-state index contributed by atoms with van der Waals surface area (Å²) in [5.74, 6) is -0.895. The first-order chi connectivity index (χ1) is 9.46. The average molecular weight is 300 g/mol. The predicted octanol–water partition coefficient (Wildman–Crippen LogP) is 3.65. The summed E-state index contributed by atoms with van der Waals surface area (Å²) in [5.41, 5.74) is 0. The number of Topliss-reactive ketones (excluding diaryl/α,β-unsaturated/α-hetero) is 1. The van der Waals surface area contributed by atoms with E-state index in [2.05, 4.69) is 6.92 Å². The molecule has 0 spiro atoms. The van der Waals surface area contributed by atoms with Crippen molar-refractivity contribution in [1.29, 1.82) is 0 Å². The van der Waals surface area contributed by atoms with E-state index in [1.165, 1.54) is 37.8 Å². The van der Waals surface area contributed by atoms with Gasteiger partial charge in [0.05, 0.1) is 0 Å². The Morgan fingerprint density at radius 1 is 1.10 bits per heavy atom. The molecule has 0 saturated heterocycles. The highest BCUT2D eigenvalue weighted by Crippen LogP contribution is 2.23. The van der Waals surface area contributed by atoms with Crippen molar-refractivity contribution < 1.29 is 17.8 Å². The highest BCUT2D eigenvalue weighted by molar-refractivity contribution is 7.90. The molecule has 0 bridgehead atoms. The van der Waals surface area contributed by atoms with Gasteiger partial charge in [0.15, 0.2) is 5.78 Å². The molecule has 0 aromatic rings. The molecule has 0 heterocycles. The molecule has 0 aliphatic heterocycles. The first-order valence-corrected chi connectivity index (χ1v) is 8.81. The summed E-state index contributed by atoms with van der Waals surface area (Å²) in [6, 6.07) is 0. The molecule has 4 nitrogen and oxygen atoms in total. The number of ketones is 1. The Balaban J connectivity index is 2.31. The maximum Gasteiger partial charge on any atom is 0.298 e. The molecule has 20 heavy (non-hydrogen) atoms. The van der Waals surface area contributed by atoms with Gasteiger partial charge in [-0.3, -0.25) is 9.35 Å². The fourth-order valence-electron chi connectivity index (χ4n) is 2.39. The molecule has 0 aromatic carbocycles. The minimum Gasteiger partial charge on any atom is -0.293 e. The number of allylic oxidation sites excluding steroid dienone is 4. The first-order valence-electron chi connectivity index (χ1n) is 7.37. The minimum atomic E-state index is -4.39. The van der Waals surface area contributed by atoms with Crippen molar-refractivity contribution in [2.24, 2.45) is 5.92 Å². The average Bonchev–Trinajstić information content (AvgIpc) is 2.38. The third kappa shape index (κ3) is 5.59. The highest BCUT2D eigenvalue weighted by atomic mass is 32.2. The van der Waals surface area contributed by atoms with E-state index in [4.69, 9.17) is 4.55 Å². The van der Waals surface area contributed by atoms with Crippen LogP contribution in [-0.4, -0.2) is 18.8 Å². The summed E-state index contributed by atoms with van der Waals surface area (Å²) in [4.78, 5) is 11.4. The number of unbranched alkanes of at least 4 members (excludes halogenated alkanes) is 6. The number of rotatable bonds is 9. The predicted molar refractivity (Wildman–Crippen MR) is 79.9 cm³/mol. The van der Waals surface area contributed by atoms with Crippen LogP contribution in [0.2, 0.25) is 0 Å². The Labute approximate surface area is 121 Å². The van der Waals surface area contributed by atoms with Crippen molar-refractivity contribution in [2.75, 3.05) is 0 Å². The highest BCUT2D eigenvalue weighted by Gasteiger charge is 2.29. The maximum atomic E-state index is 11.9. The molecule has 1 aliphatic rings. The van der Waals surface area contributed by atoms with Gasteiger partial charge in [-0.05, 0) is 12.5 Å². The number of hydrogen-bond donors (Lipinski definition) is 1. The van der Waals surface area contributed by atoms with Gasteiger partial charge in [-0.1, -0.05) is 64.0 Å². The van der Waals surface area contributed by atoms with Crippen molar-refractivity contribution in [3.05, 3.63) is 23.1 Å². The lowest BCUT2D eigenvalue weighted by Gasteiger charge is -2.15. The fraction of sp³-hybridized carbons (Fsp3) is 0.667. The zero-order chi connectivity index (χ0) is 15.0. The van der Waals surface area contributed by atoms with Crippen molar-refractivity contribution in [1.82, 2.24) is 0 Å². The molecule has 1 atom stereocenters. The molecule has 0 aromatic heterocycles. The van der Waals surface area contributed by atoms with Gasteiger partial charge in [0.25, 0.3) is 10.1 Å². The van der Waals surface area contributed by atoms with E-state index in [0.717, 1.165) is 19.3 Å². The van der Waals surface area contributed by atoms with Crippen molar-refractivity contribution in [2.45, 2.75) is 58.3 Å². The fourth-order valence-corrected chi connectivity index (χ4v) is 3.05. The van der Waals surface area contributed by atoms with Gasteiger partial charge in [0.1, 0.15) is 4.91 Å². The Kier molecular flexibility index (Phi) is 7.16. The lowest BCUT2D eigenvalue weighted by atomic mass is 9.93. The SMILES string of the molecule is CCCCCCCCCC1C=CC=C(S(=O)(=O)O)C1=O. The Morgan fingerprint density at radius 2 is 1.70 bits per heavy atom. The zero-order valence-electron chi connectivity index (χ0n) is 12.0. The summed E-state index contributed by atoms with van der Waals surface area (Å²) in [7, 11) is -4.39. The molecular formula is C15H24O4S. The van der Waals surface area contributed by atoms with Gasteiger partial charge in [0.2, 0.25) is 0 Å². The molecule has 1 N–H and O–H groups in total. The van der Waals surface area contributed by atoms with E-state index >= 15 is 0 Å². The van der Waals surface area contributed by atoms with Gasteiger partial charge >= 0.3 is 0 Å². The second-order valence-electron chi connectivity index (χ2n) is 5.27. The Morgan fingerprint density at radius 3 is 2.30 bits per heavy atom. The van der Waals surface area contributed by atoms with Crippen LogP contribution < -0.4 is 0 Å². The monoisotopic (exact) mass is 300 g/mol. The third-order valence-electron chi connectivity index (χ3n) is 3.57. The maximum absolute atomic E-state index is 11.9. The van der Waals surface area contributed by atoms with Crippen LogP contribution in [0.25, 0.3) is 0 Å². The molecular weight excluding hydrogens is 276 g/mol. The standard InChI is InChI=1S/C15H24O4S/c1-2-3-4-5-6-7-8-10-13-11-9-12-14(15(13)16)20(17,18)19/h9,11-13H,2-8,10H2,1H3,(H,17,18,19). The van der Waals surface area contributed by atoms with E-state index < -0.39 is 26.7 Å². The zero-order valence-corrected chi connectivity index (χ0v) is 12.9. The first kappa shape index (κ1) is 17.1. The van der Waals surface area contributed by atoms with Crippen molar-refractivity contribution in [3.63, 3.8) is 0 Å². The topological polar surface area (TPSA) is 71.4 Å². The van der Waals surface area contributed by atoms with Crippen LogP contribution in [0.5, 0.6) is 0 Å². The lowest BCUT2D eigenvalue weighted by molar-refractivity contribution is -0.117. The summed E-state index contributed by atoms with van der Waals surface area (Å²) < 4.78 is 31.1. The summed E-state index contributed by atoms with van der Waals surface area (Å²) in [6.45, 7) is 2.18. The number of carbonyl (C=O) groups excluding carboxylic acids is 1. The third-order valence-corrected chi connectivity index (χ3v) is 4.46. The van der Waals surface area contributed by atoms with Gasteiger partial charge in [-0.2, -0.15) is 8.42 Å². The van der Waals surface area contributed by atoms with Crippen LogP contribution in [0.15, 0.2) is 23.1 Å². The van der Waals surface area contributed by atoms with Crippen LogP contribution in [0.4, 0.5) is 0 Å². The molecule has 0 saturated carbocycles. The lowest BCUT2D eigenvalue weighted by Crippen LogP contribution is -2.22. The molecule has 1 rings (SSSR count). The quantitative estimate of drug-likeness (QED) is 0.521. The molecule has 0 amide bonds. The van der Waals surface area contributed by atoms with Crippen LogP contribution in [0.1, 0.15) is 58.3 Å². The van der Waals surface area contributed by atoms with Crippen LogP contribution in [0.3, 0.4) is 0 Å². The number of hydrogen-bond acceptors (Lipinski definition) is 3. The Hall–Kier alpha value is -0.940. The normalized spacial score (nSPS) is 19.2. The van der Waals surface area contributed by atoms with Crippen LogP contribution >= 0.6 is 0 Å². The second-order valence-corrected chi connectivity index (χ2v) is 6.66. The van der Waals surface area contributed by atoms with Gasteiger partial charge in [-0.15, -0.1) is 0 Å².